The smallest absolute Gasteiger partial charge is 0.228 e. The van der Waals surface area contributed by atoms with Crippen LogP contribution in [0.3, 0.4) is 0 Å². The Morgan fingerprint density at radius 2 is 2.00 bits per heavy atom. The van der Waals surface area contributed by atoms with Crippen LogP contribution in [-0.4, -0.2) is 19.0 Å². The number of amides is 1. The van der Waals surface area contributed by atoms with Gasteiger partial charge in [-0.1, -0.05) is 15.9 Å². The van der Waals surface area contributed by atoms with Gasteiger partial charge in [-0.25, -0.2) is 0 Å². The van der Waals surface area contributed by atoms with Gasteiger partial charge in [0.05, 0.1) is 5.92 Å². The van der Waals surface area contributed by atoms with E-state index in [1.165, 1.54) is 0 Å². The van der Waals surface area contributed by atoms with Crippen molar-refractivity contribution >= 4 is 39.9 Å². The second-order valence-electron chi connectivity index (χ2n) is 4.60. The number of rotatable bonds is 2. The zero-order chi connectivity index (χ0) is 12.4. The average molecular weight is 334 g/mol. The first-order valence-electron chi connectivity index (χ1n) is 5.86. The minimum atomic E-state index is 0. The molecule has 1 heterocycles. The van der Waals surface area contributed by atoms with E-state index in [1.54, 1.807) is 0 Å². The second kappa shape index (κ2) is 6.55. The molecule has 2 rings (SSSR count). The lowest BCUT2D eigenvalue weighted by atomic mass is 10.1. The summed E-state index contributed by atoms with van der Waals surface area (Å²) in [5.74, 6) is 0.232. The molecule has 0 saturated carbocycles. The molecule has 2 N–H and O–H groups in total. The molecule has 0 aromatic heterocycles. The van der Waals surface area contributed by atoms with Crippen molar-refractivity contribution in [3.63, 3.8) is 0 Å². The van der Waals surface area contributed by atoms with Crippen LogP contribution in [0.25, 0.3) is 0 Å². The van der Waals surface area contributed by atoms with Crippen LogP contribution in [0.2, 0.25) is 0 Å². The Morgan fingerprint density at radius 1 is 1.39 bits per heavy atom. The highest BCUT2D eigenvalue weighted by molar-refractivity contribution is 9.10. The summed E-state index contributed by atoms with van der Waals surface area (Å²) in [6.45, 7) is 5.80. The van der Waals surface area contributed by atoms with Crippen LogP contribution < -0.4 is 10.6 Å². The number of carbonyl (C=O) groups is 1. The van der Waals surface area contributed by atoms with Crippen LogP contribution in [0.15, 0.2) is 16.6 Å². The van der Waals surface area contributed by atoms with E-state index in [4.69, 9.17) is 0 Å². The van der Waals surface area contributed by atoms with Gasteiger partial charge in [-0.3, -0.25) is 4.79 Å². The van der Waals surface area contributed by atoms with Gasteiger partial charge in [-0.15, -0.1) is 12.4 Å². The molecule has 1 aromatic rings. The van der Waals surface area contributed by atoms with Crippen molar-refractivity contribution in [3.05, 3.63) is 27.7 Å². The standard InChI is InChI=1S/C13H17BrN2O.ClH/c1-8-5-11(6-9(2)12(8)14)16-13(17)10-3-4-15-7-10;/h5-6,10,15H,3-4,7H2,1-2H3,(H,16,17);1H. The van der Waals surface area contributed by atoms with Crippen molar-refractivity contribution in [3.8, 4) is 0 Å². The topological polar surface area (TPSA) is 41.1 Å². The lowest BCUT2D eigenvalue weighted by molar-refractivity contribution is -0.119. The molecule has 0 bridgehead atoms. The van der Waals surface area contributed by atoms with Crippen molar-refractivity contribution in [2.24, 2.45) is 5.92 Å². The molecule has 0 radical (unpaired) electrons. The maximum absolute atomic E-state index is 12.0. The summed E-state index contributed by atoms with van der Waals surface area (Å²) >= 11 is 3.52. The van der Waals surface area contributed by atoms with Gasteiger partial charge in [0.15, 0.2) is 0 Å². The number of nitrogens with one attached hydrogen (secondary N) is 2. The van der Waals surface area contributed by atoms with Gasteiger partial charge in [0.1, 0.15) is 0 Å². The van der Waals surface area contributed by atoms with E-state index in [-0.39, 0.29) is 24.2 Å². The Morgan fingerprint density at radius 3 is 2.50 bits per heavy atom. The minimum Gasteiger partial charge on any atom is -0.326 e. The molecule has 0 spiro atoms. The highest BCUT2D eigenvalue weighted by atomic mass is 79.9. The monoisotopic (exact) mass is 332 g/mol. The van der Waals surface area contributed by atoms with Crippen LogP contribution in [0, 0.1) is 19.8 Å². The Balaban J connectivity index is 0.00000162. The third-order valence-electron chi connectivity index (χ3n) is 3.14. The van der Waals surface area contributed by atoms with Gasteiger partial charge in [-0.05, 0) is 50.1 Å². The quantitative estimate of drug-likeness (QED) is 0.873. The predicted molar refractivity (Wildman–Crippen MR) is 80.5 cm³/mol. The van der Waals surface area contributed by atoms with E-state index in [0.29, 0.717) is 0 Å². The number of benzene rings is 1. The second-order valence-corrected chi connectivity index (χ2v) is 5.40. The van der Waals surface area contributed by atoms with Crippen LogP contribution in [0.4, 0.5) is 5.69 Å². The highest BCUT2D eigenvalue weighted by Gasteiger charge is 2.22. The van der Waals surface area contributed by atoms with Crippen LogP contribution in [0.5, 0.6) is 0 Å². The van der Waals surface area contributed by atoms with E-state index in [0.717, 1.165) is 40.8 Å². The van der Waals surface area contributed by atoms with Gasteiger partial charge in [0.2, 0.25) is 5.91 Å². The maximum Gasteiger partial charge on any atom is 0.228 e. The normalized spacial score (nSPS) is 18.3. The average Bonchev–Trinajstić information content (AvgIpc) is 2.79. The lowest BCUT2D eigenvalue weighted by Gasteiger charge is -2.12. The fraction of sp³-hybridized carbons (Fsp3) is 0.462. The van der Waals surface area contributed by atoms with Crippen molar-refractivity contribution in [1.82, 2.24) is 5.32 Å². The first-order valence-corrected chi connectivity index (χ1v) is 6.65. The van der Waals surface area contributed by atoms with Gasteiger partial charge < -0.3 is 10.6 Å². The summed E-state index contributed by atoms with van der Waals surface area (Å²) in [6, 6.07) is 3.99. The molecule has 1 aliphatic rings. The summed E-state index contributed by atoms with van der Waals surface area (Å²) in [5.41, 5.74) is 3.18. The van der Waals surface area contributed by atoms with E-state index in [1.807, 2.05) is 26.0 Å². The van der Waals surface area contributed by atoms with Crippen LogP contribution in [0.1, 0.15) is 17.5 Å². The Bertz CT molecular complexity index is 422. The van der Waals surface area contributed by atoms with Crippen LogP contribution in [-0.2, 0) is 4.79 Å². The maximum atomic E-state index is 12.0. The van der Waals surface area contributed by atoms with Crippen molar-refractivity contribution in [2.75, 3.05) is 18.4 Å². The largest absolute Gasteiger partial charge is 0.326 e. The number of carbonyl (C=O) groups excluding carboxylic acids is 1. The molecule has 1 atom stereocenters. The van der Waals surface area contributed by atoms with Gasteiger partial charge in [0, 0.05) is 16.7 Å². The number of anilines is 1. The van der Waals surface area contributed by atoms with Crippen LogP contribution >= 0.6 is 28.3 Å². The summed E-state index contributed by atoms with van der Waals surface area (Å²) < 4.78 is 1.11. The Labute approximate surface area is 122 Å². The fourth-order valence-corrected chi connectivity index (χ4v) is 2.37. The molecule has 1 fully saturated rings. The fourth-order valence-electron chi connectivity index (χ4n) is 2.14. The first kappa shape index (κ1) is 15.5. The summed E-state index contributed by atoms with van der Waals surface area (Å²) in [7, 11) is 0. The molecular weight excluding hydrogens is 316 g/mol. The van der Waals surface area contributed by atoms with E-state index in [9.17, 15) is 4.79 Å². The number of aryl methyl sites for hydroxylation is 2. The predicted octanol–water partition coefficient (Wildman–Crippen LogP) is 3.04. The zero-order valence-electron chi connectivity index (χ0n) is 10.5. The molecule has 18 heavy (non-hydrogen) atoms. The minimum absolute atomic E-state index is 0. The molecule has 1 aromatic carbocycles. The van der Waals surface area contributed by atoms with Gasteiger partial charge in [-0.2, -0.15) is 0 Å². The molecule has 1 aliphatic heterocycles. The lowest BCUT2D eigenvalue weighted by Crippen LogP contribution is -2.24. The molecule has 1 amide bonds. The number of hydrogen-bond acceptors (Lipinski definition) is 2. The molecule has 100 valence electrons. The van der Waals surface area contributed by atoms with Crippen molar-refractivity contribution in [2.45, 2.75) is 20.3 Å². The van der Waals surface area contributed by atoms with E-state index < -0.39 is 0 Å². The Kier molecular flexibility index (Phi) is 5.63. The molecular formula is C13H18BrClN2O. The molecule has 1 unspecified atom stereocenters. The molecule has 0 aliphatic carbocycles. The summed E-state index contributed by atoms with van der Waals surface area (Å²) in [4.78, 5) is 12.0. The molecule has 5 heteroatoms. The number of halogens is 2. The summed E-state index contributed by atoms with van der Waals surface area (Å²) in [6.07, 6.45) is 0.931. The van der Waals surface area contributed by atoms with E-state index in [2.05, 4.69) is 26.6 Å². The Hall–Kier alpha value is -0.580. The zero-order valence-corrected chi connectivity index (χ0v) is 13.0. The van der Waals surface area contributed by atoms with Gasteiger partial charge >= 0.3 is 0 Å². The van der Waals surface area contributed by atoms with Gasteiger partial charge in [0.25, 0.3) is 0 Å². The molecule has 3 nitrogen and oxygen atoms in total. The summed E-state index contributed by atoms with van der Waals surface area (Å²) in [5, 5.41) is 6.20. The first-order chi connectivity index (χ1) is 8.08. The molecule has 1 saturated heterocycles. The van der Waals surface area contributed by atoms with Crippen molar-refractivity contribution in [1.29, 1.82) is 0 Å². The SMILES string of the molecule is Cc1cc(NC(=O)C2CCNC2)cc(C)c1Br.Cl. The van der Waals surface area contributed by atoms with E-state index >= 15 is 0 Å². The third kappa shape index (κ3) is 3.46. The third-order valence-corrected chi connectivity index (χ3v) is 4.39. The van der Waals surface area contributed by atoms with Crippen molar-refractivity contribution < 1.29 is 4.79 Å². The number of hydrogen-bond donors (Lipinski definition) is 2. The highest BCUT2D eigenvalue weighted by Crippen LogP contribution is 2.25.